The third kappa shape index (κ3) is 4.84. The highest BCUT2D eigenvalue weighted by atomic mass is 16.5. The summed E-state index contributed by atoms with van der Waals surface area (Å²) < 4.78 is 5.09. The zero-order valence-corrected chi connectivity index (χ0v) is 13.3. The molecule has 2 atom stereocenters. The molecule has 1 aromatic rings. The highest BCUT2D eigenvalue weighted by molar-refractivity contribution is 6.43. The van der Waals surface area contributed by atoms with Crippen LogP contribution in [0.4, 0.5) is 4.79 Å². The Morgan fingerprint density at radius 3 is 2.67 bits per heavy atom. The quantitative estimate of drug-likeness (QED) is 0.487. The average molecular weight is 332 g/mol. The van der Waals surface area contributed by atoms with Crippen molar-refractivity contribution in [3.63, 3.8) is 0 Å². The summed E-state index contributed by atoms with van der Waals surface area (Å²) in [7, 11) is -1.71. The number of carbonyl (C=O) groups excluding carboxylic acids is 2. The molecule has 0 aromatic heterocycles. The maximum atomic E-state index is 11.9. The SMILES string of the molecule is C=CC(=O)N1CC[C@H]1COC(=O)N[C@@H](Cc1ccccc1)B(O)O. The molecule has 0 spiro atoms. The van der Waals surface area contributed by atoms with Gasteiger partial charge in [-0.05, 0) is 24.5 Å². The summed E-state index contributed by atoms with van der Waals surface area (Å²) in [5, 5.41) is 21.3. The number of nitrogens with zero attached hydrogens (tertiary/aromatic N) is 1. The Morgan fingerprint density at radius 1 is 1.42 bits per heavy atom. The normalized spacial score (nSPS) is 17.4. The molecule has 1 fully saturated rings. The molecule has 1 aromatic carbocycles. The van der Waals surface area contributed by atoms with Crippen LogP contribution in [0.5, 0.6) is 0 Å². The Kier molecular flexibility index (Phi) is 6.40. The Morgan fingerprint density at radius 2 is 2.12 bits per heavy atom. The van der Waals surface area contributed by atoms with Gasteiger partial charge in [-0.3, -0.25) is 4.79 Å². The minimum atomic E-state index is -1.71. The number of likely N-dealkylation sites (tertiary alicyclic amines) is 1. The van der Waals surface area contributed by atoms with Gasteiger partial charge in [-0.1, -0.05) is 36.9 Å². The Bertz CT molecular complexity index is 581. The summed E-state index contributed by atoms with van der Waals surface area (Å²) in [6, 6.07) is 9.01. The molecule has 128 valence electrons. The van der Waals surface area contributed by atoms with E-state index in [2.05, 4.69) is 11.9 Å². The van der Waals surface area contributed by atoms with E-state index in [1.165, 1.54) is 6.08 Å². The molecule has 1 saturated heterocycles. The van der Waals surface area contributed by atoms with Gasteiger partial charge in [0.05, 0.1) is 12.0 Å². The highest BCUT2D eigenvalue weighted by Gasteiger charge is 2.32. The molecule has 2 rings (SSSR count). The van der Waals surface area contributed by atoms with E-state index in [1.54, 1.807) is 4.90 Å². The van der Waals surface area contributed by atoms with Crippen LogP contribution in [0.25, 0.3) is 0 Å². The molecule has 1 aliphatic rings. The molecule has 7 nitrogen and oxygen atoms in total. The molecule has 8 heteroatoms. The Balaban J connectivity index is 1.81. The van der Waals surface area contributed by atoms with E-state index in [0.29, 0.717) is 6.54 Å². The summed E-state index contributed by atoms with van der Waals surface area (Å²) in [5.74, 6) is -1.07. The minimum absolute atomic E-state index is 0.0605. The molecule has 1 aliphatic heterocycles. The van der Waals surface area contributed by atoms with Gasteiger partial charge in [-0.25, -0.2) is 4.79 Å². The summed E-state index contributed by atoms with van der Waals surface area (Å²) in [5.41, 5.74) is 0.859. The number of amides is 2. The smallest absolute Gasteiger partial charge is 0.447 e. The van der Waals surface area contributed by atoms with Crippen LogP contribution in [-0.4, -0.2) is 59.2 Å². The first-order chi connectivity index (χ1) is 11.5. The standard InChI is InChI=1S/C16H21BN2O5/c1-2-15(20)19-9-8-13(19)11-24-16(21)18-14(17(22)23)10-12-6-4-3-5-7-12/h2-7,13-14,22-23H,1,8-11H2,(H,18,21)/t13-,14-/m0/s1. The molecule has 0 radical (unpaired) electrons. The van der Waals surface area contributed by atoms with Crippen LogP contribution in [-0.2, 0) is 16.0 Å². The third-order valence-electron chi connectivity index (χ3n) is 3.97. The van der Waals surface area contributed by atoms with E-state index >= 15 is 0 Å². The van der Waals surface area contributed by atoms with Crippen molar-refractivity contribution in [2.24, 2.45) is 0 Å². The fraction of sp³-hybridized carbons (Fsp3) is 0.375. The Labute approximate surface area is 141 Å². The van der Waals surface area contributed by atoms with Gasteiger partial charge < -0.3 is 25.0 Å². The maximum absolute atomic E-state index is 11.9. The van der Waals surface area contributed by atoms with Crippen molar-refractivity contribution < 1.29 is 24.4 Å². The van der Waals surface area contributed by atoms with Crippen LogP contribution in [0.2, 0.25) is 0 Å². The predicted molar refractivity (Wildman–Crippen MR) is 88.9 cm³/mol. The maximum Gasteiger partial charge on any atom is 0.475 e. The van der Waals surface area contributed by atoms with Gasteiger partial charge in [-0.2, -0.15) is 0 Å². The van der Waals surface area contributed by atoms with E-state index in [9.17, 15) is 19.6 Å². The Hall–Kier alpha value is -2.32. The van der Waals surface area contributed by atoms with Crippen molar-refractivity contribution in [2.45, 2.75) is 24.8 Å². The van der Waals surface area contributed by atoms with Crippen molar-refractivity contribution in [1.29, 1.82) is 0 Å². The molecule has 24 heavy (non-hydrogen) atoms. The van der Waals surface area contributed by atoms with Crippen molar-refractivity contribution >= 4 is 19.1 Å². The fourth-order valence-corrected chi connectivity index (χ4v) is 2.49. The second kappa shape index (κ2) is 8.51. The number of ether oxygens (including phenoxy) is 1. The number of rotatable bonds is 7. The highest BCUT2D eigenvalue weighted by Crippen LogP contribution is 2.18. The minimum Gasteiger partial charge on any atom is -0.447 e. The van der Waals surface area contributed by atoms with E-state index in [0.717, 1.165) is 12.0 Å². The lowest BCUT2D eigenvalue weighted by molar-refractivity contribution is -0.134. The van der Waals surface area contributed by atoms with Crippen LogP contribution in [0, 0.1) is 0 Å². The first-order valence-corrected chi connectivity index (χ1v) is 7.77. The van der Waals surface area contributed by atoms with Gasteiger partial charge in [0.15, 0.2) is 0 Å². The first kappa shape index (κ1) is 18.0. The summed E-state index contributed by atoms with van der Waals surface area (Å²) in [6.07, 6.45) is 1.49. The molecule has 0 bridgehead atoms. The van der Waals surface area contributed by atoms with Crippen LogP contribution in [0.1, 0.15) is 12.0 Å². The lowest BCUT2D eigenvalue weighted by Gasteiger charge is -2.39. The van der Waals surface area contributed by atoms with Crippen LogP contribution >= 0.6 is 0 Å². The van der Waals surface area contributed by atoms with E-state index in [-0.39, 0.29) is 25.0 Å². The van der Waals surface area contributed by atoms with Crippen molar-refractivity contribution in [3.05, 3.63) is 48.6 Å². The molecule has 0 saturated carbocycles. The molecular weight excluding hydrogens is 311 g/mol. The van der Waals surface area contributed by atoms with Crippen LogP contribution in [0.15, 0.2) is 43.0 Å². The molecule has 1 heterocycles. The van der Waals surface area contributed by atoms with Crippen molar-refractivity contribution in [2.75, 3.05) is 13.2 Å². The largest absolute Gasteiger partial charge is 0.475 e. The van der Waals surface area contributed by atoms with Gasteiger partial charge in [-0.15, -0.1) is 0 Å². The number of alkyl carbamates (subject to hydrolysis) is 1. The van der Waals surface area contributed by atoms with E-state index in [1.807, 2.05) is 30.3 Å². The fourth-order valence-electron chi connectivity index (χ4n) is 2.49. The van der Waals surface area contributed by atoms with Crippen molar-refractivity contribution in [1.82, 2.24) is 10.2 Å². The lowest BCUT2D eigenvalue weighted by Crippen LogP contribution is -2.54. The van der Waals surface area contributed by atoms with Crippen LogP contribution < -0.4 is 5.32 Å². The molecule has 2 amide bonds. The summed E-state index contributed by atoms with van der Waals surface area (Å²) in [4.78, 5) is 24.9. The predicted octanol–water partition coefficient (Wildman–Crippen LogP) is 0.123. The third-order valence-corrected chi connectivity index (χ3v) is 3.97. The average Bonchev–Trinajstić information content (AvgIpc) is 2.54. The second-order valence-corrected chi connectivity index (χ2v) is 5.63. The van der Waals surface area contributed by atoms with Crippen LogP contribution in [0.3, 0.4) is 0 Å². The number of benzene rings is 1. The number of hydrogen-bond acceptors (Lipinski definition) is 5. The summed E-state index contributed by atoms with van der Waals surface area (Å²) >= 11 is 0. The zero-order valence-electron chi connectivity index (χ0n) is 13.3. The molecule has 0 aliphatic carbocycles. The number of hydrogen-bond donors (Lipinski definition) is 3. The van der Waals surface area contributed by atoms with Gasteiger partial charge in [0.2, 0.25) is 5.91 Å². The number of carbonyl (C=O) groups is 2. The van der Waals surface area contributed by atoms with E-state index in [4.69, 9.17) is 4.74 Å². The van der Waals surface area contributed by atoms with Gasteiger partial charge >= 0.3 is 13.2 Å². The number of nitrogens with one attached hydrogen (secondary N) is 1. The summed E-state index contributed by atoms with van der Waals surface area (Å²) in [6.45, 7) is 4.10. The van der Waals surface area contributed by atoms with Crippen molar-refractivity contribution in [3.8, 4) is 0 Å². The van der Waals surface area contributed by atoms with E-state index < -0.39 is 19.2 Å². The first-order valence-electron chi connectivity index (χ1n) is 7.77. The zero-order chi connectivity index (χ0) is 17.5. The molecule has 0 unspecified atom stereocenters. The monoisotopic (exact) mass is 332 g/mol. The second-order valence-electron chi connectivity index (χ2n) is 5.63. The van der Waals surface area contributed by atoms with Gasteiger partial charge in [0, 0.05) is 6.54 Å². The topological polar surface area (TPSA) is 99.1 Å². The molecular formula is C16H21BN2O5. The van der Waals surface area contributed by atoms with Gasteiger partial charge in [0.25, 0.3) is 0 Å². The lowest BCUT2D eigenvalue weighted by atomic mass is 9.76. The molecule has 3 N–H and O–H groups in total. The van der Waals surface area contributed by atoms with Gasteiger partial charge in [0.1, 0.15) is 6.61 Å².